The molecule has 2 nitrogen and oxygen atoms in total. The number of hydrogen-bond acceptors (Lipinski definition) is 2. The Hall–Kier alpha value is -1.32. The van der Waals surface area contributed by atoms with Crippen LogP contribution >= 0.6 is 15.9 Å². The Kier molecular flexibility index (Phi) is 8.93. The second-order valence-electron chi connectivity index (χ2n) is 6.13. The van der Waals surface area contributed by atoms with E-state index in [-0.39, 0.29) is 0 Å². The third kappa shape index (κ3) is 7.06. The van der Waals surface area contributed by atoms with Gasteiger partial charge in [0.1, 0.15) is 12.4 Å². The van der Waals surface area contributed by atoms with E-state index in [2.05, 4.69) is 52.4 Å². The third-order valence-corrected chi connectivity index (χ3v) is 4.64. The SMILES string of the molecule is CCCCCCCNCc1ccc(OCc2ccccc2)c(Br)c1. The van der Waals surface area contributed by atoms with Crippen molar-refractivity contribution in [1.29, 1.82) is 0 Å². The van der Waals surface area contributed by atoms with Crippen LogP contribution in [0, 0.1) is 0 Å². The predicted molar refractivity (Wildman–Crippen MR) is 105 cm³/mol. The molecule has 2 aromatic carbocycles. The molecule has 0 aliphatic carbocycles. The van der Waals surface area contributed by atoms with Gasteiger partial charge in [-0.15, -0.1) is 0 Å². The highest BCUT2D eigenvalue weighted by molar-refractivity contribution is 9.10. The summed E-state index contributed by atoms with van der Waals surface area (Å²) in [4.78, 5) is 0. The maximum Gasteiger partial charge on any atom is 0.134 e. The summed E-state index contributed by atoms with van der Waals surface area (Å²) in [6.07, 6.45) is 6.62. The summed E-state index contributed by atoms with van der Waals surface area (Å²) in [6, 6.07) is 16.6. The molecule has 0 bridgehead atoms. The maximum atomic E-state index is 5.89. The van der Waals surface area contributed by atoms with Crippen LogP contribution in [-0.4, -0.2) is 6.54 Å². The largest absolute Gasteiger partial charge is 0.488 e. The molecule has 0 unspecified atom stereocenters. The molecule has 0 aromatic heterocycles. The number of nitrogens with one attached hydrogen (secondary N) is 1. The first-order chi connectivity index (χ1) is 11.8. The molecule has 0 atom stereocenters. The Morgan fingerprint density at radius 3 is 2.46 bits per heavy atom. The number of hydrogen-bond donors (Lipinski definition) is 1. The van der Waals surface area contributed by atoms with Crippen LogP contribution in [0.1, 0.15) is 50.2 Å². The van der Waals surface area contributed by atoms with Gasteiger partial charge in [-0.2, -0.15) is 0 Å². The zero-order chi connectivity index (χ0) is 17.0. The molecule has 0 amide bonds. The van der Waals surface area contributed by atoms with Crippen molar-refractivity contribution in [2.24, 2.45) is 0 Å². The standard InChI is InChI=1S/C21H28BrNO/c1-2-3-4-5-9-14-23-16-19-12-13-21(20(22)15-19)24-17-18-10-7-6-8-11-18/h6-8,10-13,15,23H,2-5,9,14,16-17H2,1H3. The topological polar surface area (TPSA) is 21.3 Å². The normalized spacial score (nSPS) is 10.8. The Balaban J connectivity index is 1.71. The van der Waals surface area contributed by atoms with Gasteiger partial charge < -0.3 is 10.1 Å². The van der Waals surface area contributed by atoms with Gasteiger partial charge in [-0.05, 0) is 52.2 Å². The minimum absolute atomic E-state index is 0.592. The molecule has 0 fully saturated rings. The van der Waals surface area contributed by atoms with E-state index in [4.69, 9.17) is 4.74 Å². The van der Waals surface area contributed by atoms with E-state index in [1.165, 1.54) is 43.2 Å². The highest BCUT2D eigenvalue weighted by Gasteiger charge is 2.03. The van der Waals surface area contributed by atoms with Gasteiger partial charge in [0.2, 0.25) is 0 Å². The Morgan fingerprint density at radius 2 is 1.71 bits per heavy atom. The second-order valence-corrected chi connectivity index (χ2v) is 6.98. The zero-order valence-corrected chi connectivity index (χ0v) is 16.1. The van der Waals surface area contributed by atoms with Crippen molar-refractivity contribution in [3.05, 3.63) is 64.1 Å². The Morgan fingerprint density at radius 1 is 0.917 bits per heavy atom. The van der Waals surface area contributed by atoms with E-state index in [0.29, 0.717) is 6.61 Å². The lowest BCUT2D eigenvalue weighted by Crippen LogP contribution is -2.14. The van der Waals surface area contributed by atoms with Crippen LogP contribution in [-0.2, 0) is 13.2 Å². The van der Waals surface area contributed by atoms with Gasteiger partial charge in [0.05, 0.1) is 4.47 Å². The fourth-order valence-electron chi connectivity index (χ4n) is 2.59. The first kappa shape index (κ1) is 19.0. The van der Waals surface area contributed by atoms with E-state index in [1.807, 2.05) is 24.3 Å². The van der Waals surface area contributed by atoms with Crippen LogP contribution in [0.5, 0.6) is 5.75 Å². The smallest absolute Gasteiger partial charge is 0.134 e. The van der Waals surface area contributed by atoms with E-state index >= 15 is 0 Å². The van der Waals surface area contributed by atoms with Crippen molar-refractivity contribution < 1.29 is 4.74 Å². The van der Waals surface area contributed by atoms with Gasteiger partial charge in [0.15, 0.2) is 0 Å². The molecular formula is C21H28BrNO. The number of halogens is 1. The van der Waals surface area contributed by atoms with E-state index in [9.17, 15) is 0 Å². The van der Waals surface area contributed by atoms with Gasteiger partial charge in [0, 0.05) is 6.54 Å². The zero-order valence-electron chi connectivity index (χ0n) is 14.6. The van der Waals surface area contributed by atoms with E-state index in [0.717, 1.165) is 23.3 Å². The van der Waals surface area contributed by atoms with Gasteiger partial charge >= 0.3 is 0 Å². The fraction of sp³-hybridized carbons (Fsp3) is 0.429. The van der Waals surface area contributed by atoms with Crippen LogP contribution < -0.4 is 10.1 Å². The van der Waals surface area contributed by atoms with Crippen molar-refractivity contribution in [3.63, 3.8) is 0 Å². The summed E-state index contributed by atoms with van der Waals surface area (Å²) in [5.74, 6) is 0.891. The second kappa shape index (κ2) is 11.3. The molecular weight excluding hydrogens is 362 g/mol. The van der Waals surface area contributed by atoms with Crippen LogP contribution in [0.2, 0.25) is 0 Å². The summed E-state index contributed by atoms with van der Waals surface area (Å²) in [7, 11) is 0. The molecule has 0 spiro atoms. The summed E-state index contributed by atoms with van der Waals surface area (Å²) >= 11 is 3.62. The van der Waals surface area contributed by atoms with Crippen LogP contribution in [0.3, 0.4) is 0 Å². The van der Waals surface area contributed by atoms with E-state index < -0.39 is 0 Å². The fourth-order valence-corrected chi connectivity index (χ4v) is 3.13. The highest BCUT2D eigenvalue weighted by Crippen LogP contribution is 2.26. The van der Waals surface area contributed by atoms with Gasteiger partial charge in [-0.25, -0.2) is 0 Å². The van der Waals surface area contributed by atoms with Gasteiger partial charge in [-0.1, -0.05) is 69.0 Å². The molecule has 0 heterocycles. The summed E-state index contributed by atoms with van der Waals surface area (Å²) in [5.41, 5.74) is 2.46. The minimum Gasteiger partial charge on any atom is -0.488 e. The summed E-state index contributed by atoms with van der Waals surface area (Å²) < 4.78 is 6.91. The molecule has 0 saturated carbocycles. The number of benzene rings is 2. The molecule has 0 aliphatic heterocycles. The van der Waals surface area contributed by atoms with Crippen molar-refractivity contribution in [2.45, 2.75) is 52.2 Å². The minimum atomic E-state index is 0.592. The lowest BCUT2D eigenvalue weighted by Gasteiger charge is -2.10. The molecule has 2 aromatic rings. The monoisotopic (exact) mass is 389 g/mol. The maximum absolute atomic E-state index is 5.89. The average Bonchev–Trinajstić information content (AvgIpc) is 2.61. The number of rotatable bonds is 11. The molecule has 0 saturated heterocycles. The molecule has 3 heteroatoms. The summed E-state index contributed by atoms with van der Waals surface area (Å²) in [5, 5.41) is 3.52. The van der Waals surface area contributed by atoms with Crippen molar-refractivity contribution in [1.82, 2.24) is 5.32 Å². The van der Waals surface area contributed by atoms with E-state index in [1.54, 1.807) is 0 Å². The Labute approximate surface area is 154 Å². The van der Waals surface area contributed by atoms with Crippen LogP contribution in [0.15, 0.2) is 53.0 Å². The molecule has 0 radical (unpaired) electrons. The summed E-state index contributed by atoms with van der Waals surface area (Å²) in [6.45, 7) is 4.84. The molecule has 1 N–H and O–H groups in total. The molecule has 2 rings (SSSR count). The van der Waals surface area contributed by atoms with Gasteiger partial charge in [0.25, 0.3) is 0 Å². The lowest BCUT2D eigenvalue weighted by molar-refractivity contribution is 0.304. The average molecular weight is 390 g/mol. The quantitative estimate of drug-likeness (QED) is 0.469. The van der Waals surface area contributed by atoms with Crippen molar-refractivity contribution in [2.75, 3.05) is 6.54 Å². The number of ether oxygens (including phenoxy) is 1. The van der Waals surface area contributed by atoms with Crippen LogP contribution in [0.4, 0.5) is 0 Å². The van der Waals surface area contributed by atoms with Crippen molar-refractivity contribution in [3.8, 4) is 5.75 Å². The van der Waals surface area contributed by atoms with Crippen molar-refractivity contribution >= 4 is 15.9 Å². The number of unbranched alkanes of at least 4 members (excludes halogenated alkanes) is 4. The van der Waals surface area contributed by atoms with Gasteiger partial charge in [-0.3, -0.25) is 0 Å². The first-order valence-corrected chi connectivity index (χ1v) is 9.74. The molecule has 130 valence electrons. The predicted octanol–water partition coefficient (Wildman–Crippen LogP) is 6.09. The first-order valence-electron chi connectivity index (χ1n) is 8.95. The Bertz CT molecular complexity index is 586. The molecule has 24 heavy (non-hydrogen) atoms. The highest BCUT2D eigenvalue weighted by atomic mass is 79.9. The lowest BCUT2D eigenvalue weighted by atomic mass is 10.1. The van der Waals surface area contributed by atoms with Crippen LogP contribution in [0.25, 0.3) is 0 Å². The molecule has 0 aliphatic rings. The third-order valence-electron chi connectivity index (χ3n) is 4.02.